The van der Waals surface area contributed by atoms with E-state index in [9.17, 15) is 13.2 Å². The van der Waals surface area contributed by atoms with Crippen LogP contribution in [-0.2, 0) is 12.7 Å². The molecule has 0 amide bonds. The standard InChI is InChI=1S/C16H23F3N4S.HI/c1-20-15(21-5-4-12-7-10-2-3-11(12)6-10)22-8-14-23-13(9-24-14)16(17,18)19;/h9-12H,2-8H2,1H3,(H2,20,21,22);1H. The molecule has 0 saturated heterocycles. The second-order valence-corrected chi connectivity index (χ2v) is 7.64. The number of alkyl halides is 3. The zero-order valence-electron chi connectivity index (χ0n) is 14.1. The fraction of sp³-hybridized carbons (Fsp3) is 0.750. The van der Waals surface area contributed by atoms with Gasteiger partial charge >= 0.3 is 6.18 Å². The number of aliphatic imine (C=N–C) groups is 1. The monoisotopic (exact) mass is 488 g/mol. The number of hydrogen-bond donors (Lipinski definition) is 2. The summed E-state index contributed by atoms with van der Waals surface area (Å²) in [5.74, 6) is 3.29. The lowest BCUT2D eigenvalue weighted by atomic mass is 9.86. The molecule has 4 nitrogen and oxygen atoms in total. The minimum atomic E-state index is -4.38. The molecule has 3 rings (SSSR count). The number of aromatic nitrogens is 1. The summed E-state index contributed by atoms with van der Waals surface area (Å²) < 4.78 is 37.6. The van der Waals surface area contributed by atoms with Crippen LogP contribution in [0.1, 0.15) is 42.8 Å². The Hall–Kier alpha value is -0.580. The summed E-state index contributed by atoms with van der Waals surface area (Å²) in [6, 6.07) is 0. The average molecular weight is 488 g/mol. The molecule has 1 aromatic heterocycles. The lowest BCUT2D eigenvalue weighted by Gasteiger charge is -2.22. The molecule has 2 saturated carbocycles. The predicted octanol–water partition coefficient (Wildman–Crippen LogP) is 4.27. The highest BCUT2D eigenvalue weighted by molar-refractivity contribution is 14.0. The predicted molar refractivity (Wildman–Crippen MR) is 104 cm³/mol. The first-order valence-corrected chi connectivity index (χ1v) is 9.29. The van der Waals surface area contributed by atoms with E-state index in [4.69, 9.17) is 0 Å². The molecule has 25 heavy (non-hydrogen) atoms. The Balaban J connectivity index is 0.00000225. The summed E-state index contributed by atoms with van der Waals surface area (Å²) in [7, 11) is 1.66. The zero-order chi connectivity index (χ0) is 17.2. The zero-order valence-corrected chi connectivity index (χ0v) is 17.3. The Labute approximate surface area is 167 Å². The van der Waals surface area contributed by atoms with Gasteiger partial charge < -0.3 is 10.6 Å². The Bertz CT molecular complexity index is 590. The quantitative estimate of drug-likeness (QED) is 0.370. The molecule has 0 aromatic carbocycles. The maximum atomic E-state index is 12.5. The van der Waals surface area contributed by atoms with Gasteiger partial charge in [-0.05, 0) is 43.4 Å². The molecule has 3 atom stereocenters. The highest BCUT2D eigenvalue weighted by Gasteiger charge is 2.38. The van der Waals surface area contributed by atoms with Gasteiger partial charge in [0.15, 0.2) is 11.7 Å². The molecular weight excluding hydrogens is 464 g/mol. The fourth-order valence-electron chi connectivity index (χ4n) is 4.01. The van der Waals surface area contributed by atoms with Crippen LogP contribution in [0.5, 0.6) is 0 Å². The van der Waals surface area contributed by atoms with Gasteiger partial charge in [-0.2, -0.15) is 13.2 Å². The molecule has 1 heterocycles. The van der Waals surface area contributed by atoms with Crippen molar-refractivity contribution in [2.24, 2.45) is 22.7 Å². The van der Waals surface area contributed by atoms with Crippen LogP contribution in [0.25, 0.3) is 0 Å². The van der Waals surface area contributed by atoms with Gasteiger partial charge in [-0.25, -0.2) is 4.98 Å². The molecule has 0 spiro atoms. The largest absolute Gasteiger partial charge is 0.434 e. The molecule has 0 radical (unpaired) electrons. The van der Waals surface area contributed by atoms with E-state index in [2.05, 4.69) is 20.6 Å². The molecular formula is C16H24F3IN4S. The molecule has 9 heteroatoms. The molecule has 2 aliphatic carbocycles. The number of nitrogens with one attached hydrogen (secondary N) is 2. The van der Waals surface area contributed by atoms with E-state index in [0.29, 0.717) is 11.0 Å². The highest BCUT2D eigenvalue weighted by atomic mass is 127. The fourth-order valence-corrected chi connectivity index (χ4v) is 4.75. The second-order valence-electron chi connectivity index (χ2n) is 6.70. The second kappa shape index (κ2) is 8.88. The van der Waals surface area contributed by atoms with Crippen molar-refractivity contribution in [3.05, 3.63) is 16.1 Å². The summed E-state index contributed by atoms with van der Waals surface area (Å²) in [4.78, 5) is 7.72. The van der Waals surface area contributed by atoms with Crippen LogP contribution < -0.4 is 10.6 Å². The van der Waals surface area contributed by atoms with Gasteiger partial charge in [0.1, 0.15) is 5.01 Å². The van der Waals surface area contributed by atoms with E-state index in [1.54, 1.807) is 7.05 Å². The van der Waals surface area contributed by atoms with Crippen LogP contribution in [0, 0.1) is 17.8 Å². The van der Waals surface area contributed by atoms with E-state index in [0.717, 1.165) is 47.4 Å². The van der Waals surface area contributed by atoms with Crippen molar-refractivity contribution in [2.75, 3.05) is 13.6 Å². The van der Waals surface area contributed by atoms with Gasteiger partial charge in [-0.15, -0.1) is 35.3 Å². The van der Waals surface area contributed by atoms with Crippen LogP contribution in [-0.4, -0.2) is 24.5 Å². The van der Waals surface area contributed by atoms with E-state index in [-0.39, 0.29) is 30.5 Å². The molecule has 2 bridgehead atoms. The summed E-state index contributed by atoms with van der Waals surface area (Å²) >= 11 is 1.00. The number of hydrogen-bond acceptors (Lipinski definition) is 3. The Morgan fingerprint density at radius 2 is 2.12 bits per heavy atom. The number of guanidine groups is 1. The average Bonchev–Trinajstić information content (AvgIpc) is 3.25. The molecule has 142 valence electrons. The molecule has 1 aromatic rings. The summed E-state index contributed by atoms with van der Waals surface area (Å²) in [6.07, 6.45) is 2.31. The van der Waals surface area contributed by atoms with Gasteiger partial charge in [-0.3, -0.25) is 4.99 Å². The number of thiazole rings is 1. The number of fused-ring (bicyclic) bond motifs is 2. The van der Waals surface area contributed by atoms with Crippen molar-refractivity contribution in [3.8, 4) is 0 Å². The van der Waals surface area contributed by atoms with Gasteiger partial charge in [0.25, 0.3) is 0 Å². The number of rotatable bonds is 5. The molecule has 3 unspecified atom stereocenters. The van der Waals surface area contributed by atoms with Crippen LogP contribution >= 0.6 is 35.3 Å². The van der Waals surface area contributed by atoms with Crippen molar-refractivity contribution < 1.29 is 13.2 Å². The third-order valence-corrected chi connectivity index (χ3v) is 6.01. The van der Waals surface area contributed by atoms with E-state index in [1.807, 2.05) is 0 Å². The first kappa shape index (κ1) is 20.7. The third kappa shape index (κ3) is 5.45. The van der Waals surface area contributed by atoms with Crippen LogP contribution in [0.15, 0.2) is 10.4 Å². The smallest absolute Gasteiger partial charge is 0.356 e. The maximum Gasteiger partial charge on any atom is 0.434 e. The summed E-state index contributed by atoms with van der Waals surface area (Å²) in [6.45, 7) is 1.09. The lowest BCUT2D eigenvalue weighted by molar-refractivity contribution is -0.140. The first-order valence-electron chi connectivity index (χ1n) is 8.42. The Kier molecular flexibility index (Phi) is 7.36. The van der Waals surface area contributed by atoms with E-state index >= 15 is 0 Å². The maximum absolute atomic E-state index is 12.5. The van der Waals surface area contributed by atoms with Gasteiger partial charge in [0.05, 0.1) is 6.54 Å². The van der Waals surface area contributed by atoms with E-state index < -0.39 is 11.9 Å². The molecule has 0 aliphatic heterocycles. The third-order valence-electron chi connectivity index (χ3n) is 5.16. The number of halogens is 4. The van der Waals surface area contributed by atoms with Crippen LogP contribution in [0.3, 0.4) is 0 Å². The van der Waals surface area contributed by atoms with Crippen molar-refractivity contribution in [1.82, 2.24) is 15.6 Å². The summed E-state index contributed by atoms with van der Waals surface area (Å²) in [5.41, 5.74) is -0.830. The van der Waals surface area contributed by atoms with Gasteiger partial charge in [-0.1, -0.05) is 6.42 Å². The lowest BCUT2D eigenvalue weighted by Crippen LogP contribution is -2.38. The topological polar surface area (TPSA) is 49.3 Å². The van der Waals surface area contributed by atoms with Gasteiger partial charge in [0.2, 0.25) is 0 Å². The first-order chi connectivity index (χ1) is 11.5. The number of nitrogens with zero attached hydrogens (tertiary/aromatic N) is 2. The summed E-state index contributed by atoms with van der Waals surface area (Å²) in [5, 5.41) is 7.73. The van der Waals surface area contributed by atoms with Crippen molar-refractivity contribution in [2.45, 2.75) is 44.8 Å². The molecule has 2 fully saturated rings. The normalized spacial score (nSPS) is 25.8. The SMILES string of the molecule is CN=C(NCCC1CC2CCC1C2)NCc1nc(C(F)(F)F)cs1.I. The minimum Gasteiger partial charge on any atom is -0.356 e. The van der Waals surface area contributed by atoms with Crippen LogP contribution in [0.4, 0.5) is 13.2 Å². The van der Waals surface area contributed by atoms with Gasteiger partial charge in [0, 0.05) is 19.0 Å². The molecule has 2 aliphatic rings. The van der Waals surface area contributed by atoms with Crippen LogP contribution in [0.2, 0.25) is 0 Å². The minimum absolute atomic E-state index is 0. The Morgan fingerprint density at radius 1 is 1.32 bits per heavy atom. The highest BCUT2D eigenvalue weighted by Crippen LogP contribution is 2.49. The van der Waals surface area contributed by atoms with Crippen molar-refractivity contribution in [1.29, 1.82) is 0 Å². The van der Waals surface area contributed by atoms with Crippen molar-refractivity contribution in [3.63, 3.8) is 0 Å². The van der Waals surface area contributed by atoms with E-state index in [1.165, 1.54) is 25.7 Å². The van der Waals surface area contributed by atoms with Crippen molar-refractivity contribution >= 4 is 41.3 Å². The Morgan fingerprint density at radius 3 is 2.68 bits per heavy atom. The molecule has 2 N–H and O–H groups in total.